The number of rotatable bonds is 4. The van der Waals surface area contributed by atoms with E-state index in [1.165, 1.54) is 0 Å². The van der Waals surface area contributed by atoms with Gasteiger partial charge in [-0.3, -0.25) is 4.68 Å². The van der Waals surface area contributed by atoms with E-state index in [9.17, 15) is 5.11 Å². The van der Waals surface area contributed by atoms with Crippen LogP contribution in [0.4, 0.5) is 0 Å². The molecule has 0 saturated carbocycles. The molecule has 0 fully saturated rings. The fraction of sp³-hybridized carbons (Fsp3) is 0.538. The second-order valence-corrected chi connectivity index (χ2v) is 5.80. The standard InChI is InChI=1S/C13H19BrN4O2/c1-7(2)18-11(9(14)6-15-18)12(19)10-8(3)16-17(4)13(10)20-5/h6-7,12,19H,1-5H3. The highest BCUT2D eigenvalue weighted by Crippen LogP contribution is 2.36. The second kappa shape index (κ2) is 5.57. The summed E-state index contributed by atoms with van der Waals surface area (Å²) in [6.07, 6.45) is 0.842. The van der Waals surface area contributed by atoms with Crippen LogP contribution in [-0.4, -0.2) is 31.8 Å². The summed E-state index contributed by atoms with van der Waals surface area (Å²) in [4.78, 5) is 0. The molecule has 0 amide bonds. The Bertz CT molecular complexity index is 618. The Labute approximate surface area is 126 Å². The van der Waals surface area contributed by atoms with E-state index in [2.05, 4.69) is 26.1 Å². The average Bonchev–Trinajstić information content (AvgIpc) is 2.88. The van der Waals surface area contributed by atoms with Gasteiger partial charge in [-0.1, -0.05) is 0 Å². The molecule has 1 N–H and O–H groups in total. The maximum Gasteiger partial charge on any atom is 0.217 e. The first-order valence-electron chi connectivity index (χ1n) is 6.36. The van der Waals surface area contributed by atoms with Crippen molar-refractivity contribution in [2.24, 2.45) is 7.05 Å². The Morgan fingerprint density at radius 3 is 2.60 bits per heavy atom. The van der Waals surface area contributed by atoms with Crippen LogP contribution in [0.3, 0.4) is 0 Å². The Kier molecular flexibility index (Phi) is 4.19. The number of hydrogen-bond acceptors (Lipinski definition) is 4. The number of methoxy groups -OCH3 is 1. The SMILES string of the molecule is COc1c(C(O)c2c(Br)cnn2C(C)C)c(C)nn1C. The van der Waals surface area contributed by atoms with Gasteiger partial charge in [0.1, 0.15) is 6.10 Å². The summed E-state index contributed by atoms with van der Waals surface area (Å²) in [6.45, 7) is 5.89. The number of aliphatic hydroxyl groups is 1. The number of hydrogen-bond donors (Lipinski definition) is 1. The summed E-state index contributed by atoms with van der Waals surface area (Å²) in [5.41, 5.74) is 2.10. The van der Waals surface area contributed by atoms with Crippen molar-refractivity contribution in [1.29, 1.82) is 0 Å². The Morgan fingerprint density at radius 1 is 1.40 bits per heavy atom. The van der Waals surface area contributed by atoms with E-state index in [1.54, 1.807) is 29.7 Å². The summed E-state index contributed by atoms with van der Waals surface area (Å²) < 4.78 is 9.53. The minimum Gasteiger partial charge on any atom is -0.481 e. The predicted molar refractivity (Wildman–Crippen MR) is 78.9 cm³/mol. The van der Waals surface area contributed by atoms with Crippen LogP contribution in [0, 0.1) is 6.92 Å². The van der Waals surface area contributed by atoms with Gasteiger partial charge in [0.05, 0.1) is 34.7 Å². The van der Waals surface area contributed by atoms with Gasteiger partial charge in [-0.25, -0.2) is 4.68 Å². The van der Waals surface area contributed by atoms with Crippen LogP contribution in [0.2, 0.25) is 0 Å². The Hall–Kier alpha value is -1.34. The van der Waals surface area contributed by atoms with Crippen LogP contribution in [0.15, 0.2) is 10.7 Å². The molecule has 2 aromatic heterocycles. The smallest absolute Gasteiger partial charge is 0.217 e. The highest BCUT2D eigenvalue weighted by Gasteiger charge is 2.28. The molecule has 0 bridgehead atoms. The van der Waals surface area contributed by atoms with E-state index >= 15 is 0 Å². The van der Waals surface area contributed by atoms with Gasteiger partial charge in [-0.05, 0) is 36.7 Å². The maximum absolute atomic E-state index is 10.8. The zero-order valence-electron chi connectivity index (χ0n) is 12.3. The molecule has 0 aliphatic rings. The fourth-order valence-electron chi connectivity index (χ4n) is 2.37. The molecule has 0 spiro atoms. The number of aromatic nitrogens is 4. The third kappa shape index (κ3) is 2.35. The minimum absolute atomic E-state index is 0.147. The monoisotopic (exact) mass is 342 g/mol. The topological polar surface area (TPSA) is 65.1 Å². The van der Waals surface area contributed by atoms with Crippen molar-refractivity contribution in [2.75, 3.05) is 7.11 Å². The van der Waals surface area contributed by atoms with Crippen molar-refractivity contribution in [2.45, 2.75) is 32.9 Å². The molecular weight excluding hydrogens is 324 g/mol. The van der Waals surface area contributed by atoms with Crippen molar-refractivity contribution >= 4 is 15.9 Å². The highest BCUT2D eigenvalue weighted by atomic mass is 79.9. The van der Waals surface area contributed by atoms with Gasteiger partial charge in [-0.2, -0.15) is 10.2 Å². The molecule has 0 saturated heterocycles. The van der Waals surface area contributed by atoms with Crippen LogP contribution in [0.25, 0.3) is 0 Å². The number of halogens is 1. The van der Waals surface area contributed by atoms with E-state index in [4.69, 9.17) is 4.74 Å². The van der Waals surface area contributed by atoms with E-state index in [1.807, 2.05) is 20.8 Å². The molecule has 7 heteroatoms. The van der Waals surface area contributed by atoms with Gasteiger partial charge in [0.2, 0.25) is 5.88 Å². The van der Waals surface area contributed by atoms with Gasteiger partial charge in [0, 0.05) is 13.1 Å². The minimum atomic E-state index is -0.849. The summed E-state index contributed by atoms with van der Waals surface area (Å²) >= 11 is 3.45. The molecule has 1 atom stereocenters. The lowest BCUT2D eigenvalue weighted by Crippen LogP contribution is -2.13. The quantitative estimate of drug-likeness (QED) is 0.926. The molecule has 0 aliphatic carbocycles. The molecule has 0 aliphatic heterocycles. The fourth-order valence-corrected chi connectivity index (χ4v) is 2.86. The molecule has 2 rings (SSSR count). The van der Waals surface area contributed by atoms with Crippen molar-refractivity contribution in [3.63, 3.8) is 0 Å². The third-order valence-electron chi connectivity index (χ3n) is 3.22. The molecule has 2 heterocycles. The summed E-state index contributed by atoms with van der Waals surface area (Å²) in [6, 6.07) is 0.147. The number of ether oxygens (including phenoxy) is 1. The first-order valence-corrected chi connectivity index (χ1v) is 7.16. The zero-order chi connectivity index (χ0) is 15.0. The van der Waals surface area contributed by atoms with Crippen molar-refractivity contribution in [3.8, 4) is 5.88 Å². The van der Waals surface area contributed by atoms with Gasteiger partial charge in [-0.15, -0.1) is 0 Å². The zero-order valence-corrected chi connectivity index (χ0v) is 13.8. The largest absolute Gasteiger partial charge is 0.481 e. The van der Waals surface area contributed by atoms with Crippen molar-refractivity contribution < 1.29 is 9.84 Å². The van der Waals surface area contributed by atoms with Crippen LogP contribution in [0.1, 0.15) is 42.9 Å². The first kappa shape index (κ1) is 15.1. The summed E-state index contributed by atoms with van der Waals surface area (Å²) in [5.74, 6) is 0.554. The second-order valence-electron chi connectivity index (χ2n) is 4.95. The van der Waals surface area contributed by atoms with E-state index in [0.717, 1.165) is 10.2 Å². The Balaban J connectivity index is 2.57. The molecule has 20 heavy (non-hydrogen) atoms. The lowest BCUT2D eigenvalue weighted by molar-refractivity contribution is 0.197. The van der Waals surface area contributed by atoms with E-state index in [-0.39, 0.29) is 6.04 Å². The van der Waals surface area contributed by atoms with Gasteiger partial charge in [0.15, 0.2) is 0 Å². The van der Waals surface area contributed by atoms with Crippen LogP contribution in [0.5, 0.6) is 5.88 Å². The van der Waals surface area contributed by atoms with Gasteiger partial charge in [0.25, 0.3) is 0 Å². The van der Waals surface area contributed by atoms with Crippen LogP contribution >= 0.6 is 15.9 Å². The Morgan fingerprint density at radius 2 is 2.05 bits per heavy atom. The highest BCUT2D eigenvalue weighted by molar-refractivity contribution is 9.10. The normalized spacial score (nSPS) is 13.0. The van der Waals surface area contributed by atoms with Crippen LogP contribution in [-0.2, 0) is 7.05 Å². The number of aryl methyl sites for hydroxylation is 2. The molecule has 110 valence electrons. The lowest BCUT2D eigenvalue weighted by Gasteiger charge is -2.17. The van der Waals surface area contributed by atoms with E-state index < -0.39 is 6.10 Å². The maximum atomic E-state index is 10.8. The van der Waals surface area contributed by atoms with Crippen LogP contribution < -0.4 is 4.74 Å². The number of nitrogens with zero attached hydrogens (tertiary/aromatic N) is 4. The molecule has 0 aromatic carbocycles. The van der Waals surface area contributed by atoms with E-state index in [0.29, 0.717) is 17.1 Å². The summed E-state index contributed by atoms with van der Waals surface area (Å²) in [7, 11) is 3.36. The third-order valence-corrected chi connectivity index (χ3v) is 3.83. The molecular formula is C13H19BrN4O2. The lowest BCUT2D eigenvalue weighted by atomic mass is 10.1. The van der Waals surface area contributed by atoms with Gasteiger partial charge >= 0.3 is 0 Å². The molecule has 2 aromatic rings. The van der Waals surface area contributed by atoms with Crippen molar-refractivity contribution in [1.82, 2.24) is 19.6 Å². The van der Waals surface area contributed by atoms with Crippen molar-refractivity contribution in [3.05, 3.63) is 27.6 Å². The predicted octanol–water partition coefficient (Wildman–Crippen LogP) is 2.36. The number of aliphatic hydroxyl groups excluding tert-OH is 1. The average molecular weight is 343 g/mol. The first-order chi connectivity index (χ1) is 9.38. The molecule has 0 radical (unpaired) electrons. The molecule has 6 nitrogen and oxygen atoms in total. The van der Waals surface area contributed by atoms with Gasteiger partial charge < -0.3 is 9.84 Å². The summed E-state index contributed by atoms with van der Waals surface area (Å²) in [5, 5.41) is 19.4. The molecule has 1 unspecified atom stereocenters.